The van der Waals surface area contributed by atoms with Crippen molar-refractivity contribution in [2.45, 2.75) is 51.2 Å². The van der Waals surface area contributed by atoms with E-state index in [1.807, 2.05) is 18.9 Å². The molecule has 1 aromatic carbocycles. The van der Waals surface area contributed by atoms with Crippen LogP contribution in [0.25, 0.3) is 11.0 Å². The van der Waals surface area contributed by atoms with Crippen molar-refractivity contribution in [3.05, 3.63) is 29.8 Å². The summed E-state index contributed by atoms with van der Waals surface area (Å²) in [6, 6.07) is 4.57. The average molecular weight is 318 g/mol. The van der Waals surface area contributed by atoms with Crippen LogP contribution in [0.15, 0.2) is 18.2 Å². The molecule has 3 rings (SSSR count). The molecule has 23 heavy (non-hydrogen) atoms. The Kier molecular flexibility index (Phi) is 4.61. The smallest absolute Gasteiger partial charge is 0.237 e. The average Bonchev–Trinajstić information content (AvgIpc) is 3.14. The molecule has 1 fully saturated rings. The number of rotatable bonds is 5. The van der Waals surface area contributed by atoms with E-state index in [-0.39, 0.29) is 17.8 Å². The van der Waals surface area contributed by atoms with E-state index >= 15 is 0 Å². The molecular formula is C17H23FN4O. The molecule has 1 aromatic heterocycles. The number of carbonyl (C=O) groups excluding carboxylic acids is 1. The van der Waals surface area contributed by atoms with Crippen molar-refractivity contribution in [1.82, 2.24) is 20.2 Å². The van der Waals surface area contributed by atoms with Gasteiger partial charge in [-0.25, -0.2) is 9.37 Å². The Labute approximate surface area is 135 Å². The molecule has 0 radical (unpaired) electrons. The van der Waals surface area contributed by atoms with Gasteiger partial charge in [-0.05, 0) is 45.0 Å². The maximum Gasteiger partial charge on any atom is 0.237 e. The highest BCUT2D eigenvalue weighted by molar-refractivity contribution is 5.81. The summed E-state index contributed by atoms with van der Waals surface area (Å²) in [6.07, 6.45) is 4.56. The second kappa shape index (κ2) is 6.66. The van der Waals surface area contributed by atoms with E-state index < -0.39 is 0 Å². The number of aromatic amines is 1. The Hall–Kier alpha value is -1.95. The van der Waals surface area contributed by atoms with Crippen LogP contribution in [0, 0.1) is 5.82 Å². The van der Waals surface area contributed by atoms with E-state index in [9.17, 15) is 9.18 Å². The van der Waals surface area contributed by atoms with Crippen LogP contribution < -0.4 is 5.32 Å². The van der Waals surface area contributed by atoms with Gasteiger partial charge < -0.3 is 10.3 Å². The normalized spacial score (nSPS) is 17.0. The standard InChI is InChI=1S/C17H23FN4O/c1-11(17(23)19-13-5-3-4-6-13)22(2)10-16-20-14-8-7-12(18)9-15(14)21-16/h7-9,11,13H,3-6,10H2,1-2H3,(H,19,23)(H,20,21)/t11-/m0/s1. The van der Waals surface area contributed by atoms with Gasteiger partial charge in [-0.3, -0.25) is 9.69 Å². The van der Waals surface area contributed by atoms with Crippen LogP contribution in [0.3, 0.4) is 0 Å². The van der Waals surface area contributed by atoms with Crippen LogP contribution in [0.5, 0.6) is 0 Å². The maximum absolute atomic E-state index is 13.2. The van der Waals surface area contributed by atoms with Gasteiger partial charge in [-0.2, -0.15) is 0 Å². The Morgan fingerprint density at radius 1 is 1.48 bits per heavy atom. The monoisotopic (exact) mass is 318 g/mol. The number of amides is 1. The summed E-state index contributed by atoms with van der Waals surface area (Å²) in [4.78, 5) is 21.8. The van der Waals surface area contributed by atoms with E-state index in [1.165, 1.54) is 25.0 Å². The molecule has 1 aliphatic rings. The van der Waals surface area contributed by atoms with Crippen molar-refractivity contribution < 1.29 is 9.18 Å². The van der Waals surface area contributed by atoms with Crippen molar-refractivity contribution in [2.75, 3.05) is 7.05 Å². The number of fused-ring (bicyclic) bond motifs is 1. The minimum atomic E-state index is -0.287. The Balaban J connectivity index is 1.62. The number of aromatic nitrogens is 2. The number of halogens is 1. The van der Waals surface area contributed by atoms with Crippen LogP contribution in [-0.4, -0.2) is 39.9 Å². The van der Waals surface area contributed by atoms with Crippen LogP contribution in [-0.2, 0) is 11.3 Å². The van der Waals surface area contributed by atoms with E-state index in [0.29, 0.717) is 18.1 Å². The first kappa shape index (κ1) is 15.9. The lowest BCUT2D eigenvalue weighted by Crippen LogP contribution is -2.46. The topological polar surface area (TPSA) is 61.0 Å². The van der Waals surface area contributed by atoms with Crippen molar-refractivity contribution in [2.24, 2.45) is 0 Å². The molecule has 5 nitrogen and oxygen atoms in total. The van der Waals surface area contributed by atoms with Crippen LogP contribution in [0.1, 0.15) is 38.4 Å². The molecule has 6 heteroatoms. The zero-order chi connectivity index (χ0) is 16.4. The number of nitrogens with one attached hydrogen (secondary N) is 2. The molecule has 1 saturated carbocycles. The largest absolute Gasteiger partial charge is 0.352 e. The molecule has 1 atom stereocenters. The molecule has 2 N–H and O–H groups in total. The fourth-order valence-corrected chi connectivity index (χ4v) is 3.07. The van der Waals surface area contributed by atoms with E-state index in [4.69, 9.17) is 0 Å². The Morgan fingerprint density at radius 3 is 2.96 bits per heavy atom. The molecule has 2 aromatic rings. The van der Waals surface area contributed by atoms with Gasteiger partial charge in [-0.1, -0.05) is 12.8 Å². The highest BCUT2D eigenvalue weighted by atomic mass is 19.1. The molecule has 1 amide bonds. The second-order valence-electron chi connectivity index (χ2n) is 6.43. The van der Waals surface area contributed by atoms with E-state index in [2.05, 4.69) is 15.3 Å². The van der Waals surface area contributed by atoms with Gasteiger partial charge in [0.15, 0.2) is 0 Å². The number of hydrogen-bond donors (Lipinski definition) is 2. The molecule has 0 bridgehead atoms. The number of nitrogens with zero attached hydrogens (tertiary/aromatic N) is 2. The number of H-pyrrole nitrogens is 1. The van der Waals surface area contributed by atoms with Crippen molar-refractivity contribution >= 4 is 16.9 Å². The fourth-order valence-electron chi connectivity index (χ4n) is 3.07. The summed E-state index contributed by atoms with van der Waals surface area (Å²) >= 11 is 0. The van der Waals surface area contributed by atoms with Gasteiger partial charge >= 0.3 is 0 Å². The van der Waals surface area contributed by atoms with Crippen molar-refractivity contribution in [3.8, 4) is 0 Å². The molecule has 1 heterocycles. The quantitative estimate of drug-likeness (QED) is 0.891. The third kappa shape index (κ3) is 3.69. The van der Waals surface area contributed by atoms with Crippen LogP contribution >= 0.6 is 0 Å². The molecule has 0 aliphatic heterocycles. The number of benzene rings is 1. The van der Waals surface area contributed by atoms with Gasteiger partial charge in [0.2, 0.25) is 5.91 Å². The minimum Gasteiger partial charge on any atom is -0.352 e. The molecule has 1 aliphatic carbocycles. The predicted molar refractivity (Wildman–Crippen MR) is 87.4 cm³/mol. The fraction of sp³-hybridized carbons (Fsp3) is 0.529. The van der Waals surface area contributed by atoms with Gasteiger partial charge in [0.05, 0.1) is 23.6 Å². The zero-order valence-corrected chi connectivity index (χ0v) is 13.6. The Bertz CT molecular complexity index is 693. The molecule has 0 saturated heterocycles. The summed E-state index contributed by atoms with van der Waals surface area (Å²) in [7, 11) is 1.90. The zero-order valence-electron chi connectivity index (χ0n) is 13.6. The molecule has 124 valence electrons. The summed E-state index contributed by atoms with van der Waals surface area (Å²) in [5, 5.41) is 3.12. The third-order valence-electron chi connectivity index (χ3n) is 4.63. The van der Waals surface area contributed by atoms with E-state index in [1.54, 1.807) is 6.07 Å². The highest BCUT2D eigenvalue weighted by Crippen LogP contribution is 2.18. The first-order valence-electron chi connectivity index (χ1n) is 8.17. The van der Waals surface area contributed by atoms with Crippen LogP contribution in [0.2, 0.25) is 0 Å². The SMILES string of the molecule is C[C@@H](C(=O)NC1CCCC1)N(C)Cc1nc2ccc(F)cc2[nH]1. The Morgan fingerprint density at radius 2 is 2.22 bits per heavy atom. The summed E-state index contributed by atoms with van der Waals surface area (Å²) < 4.78 is 13.2. The summed E-state index contributed by atoms with van der Waals surface area (Å²) in [5.41, 5.74) is 1.41. The van der Waals surface area contributed by atoms with E-state index in [0.717, 1.165) is 24.2 Å². The number of imidazole rings is 1. The van der Waals surface area contributed by atoms with Gasteiger partial charge in [0, 0.05) is 6.04 Å². The number of hydrogen-bond acceptors (Lipinski definition) is 3. The first-order chi connectivity index (χ1) is 11.0. The van der Waals surface area contributed by atoms with Gasteiger partial charge in [-0.15, -0.1) is 0 Å². The molecule has 0 spiro atoms. The number of carbonyl (C=O) groups is 1. The highest BCUT2D eigenvalue weighted by Gasteiger charge is 2.23. The lowest BCUT2D eigenvalue weighted by Gasteiger charge is -2.24. The third-order valence-corrected chi connectivity index (χ3v) is 4.63. The molecular weight excluding hydrogens is 295 g/mol. The minimum absolute atomic E-state index is 0.0570. The predicted octanol–water partition coefficient (Wildman–Crippen LogP) is 2.58. The first-order valence-corrected chi connectivity index (χ1v) is 8.17. The lowest BCUT2D eigenvalue weighted by molar-refractivity contribution is -0.126. The van der Waals surface area contributed by atoms with Gasteiger partial charge in [0.1, 0.15) is 11.6 Å². The number of likely N-dealkylation sites (N-methyl/N-ethyl adjacent to an activating group) is 1. The summed E-state index contributed by atoms with van der Waals surface area (Å²) in [6.45, 7) is 2.40. The lowest BCUT2D eigenvalue weighted by atomic mass is 10.2. The van der Waals surface area contributed by atoms with Crippen molar-refractivity contribution in [1.29, 1.82) is 0 Å². The van der Waals surface area contributed by atoms with Crippen molar-refractivity contribution in [3.63, 3.8) is 0 Å². The van der Waals surface area contributed by atoms with Gasteiger partial charge in [0.25, 0.3) is 0 Å². The second-order valence-corrected chi connectivity index (χ2v) is 6.43. The summed E-state index contributed by atoms with van der Waals surface area (Å²) in [5.74, 6) is 0.500. The molecule has 0 unspecified atom stereocenters. The maximum atomic E-state index is 13.2. The van der Waals surface area contributed by atoms with Crippen LogP contribution in [0.4, 0.5) is 4.39 Å².